The van der Waals surface area contributed by atoms with Crippen molar-refractivity contribution in [2.24, 2.45) is 0 Å². The predicted molar refractivity (Wildman–Crippen MR) is 72.0 cm³/mol. The SMILES string of the molecule is CC(C)(C=O)c1ccccc1Oc1ccccc1. The van der Waals surface area contributed by atoms with Crippen LogP contribution in [0.1, 0.15) is 19.4 Å². The summed E-state index contributed by atoms with van der Waals surface area (Å²) in [4.78, 5) is 11.2. The Morgan fingerprint density at radius 3 is 2.22 bits per heavy atom. The molecule has 0 atom stereocenters. The fraction of sp³-hybridized carbons (Fsp3) is 0.188. The van der Waals surface area contributed by atoms with E-state index < -0.39 is 5.41 Å². The van der Waals surface area contributed by atoms with Crippen molar-refractivity contribution in [2.75, 3.05) is 0 Å². The van der Waals surface area contributed by atoms with Crippen LogP contribution in [-0.4, -0.2) is 6.29 Å². The van der Waals surface area contributed by atoms with Gasteiger partial charge in [-0.1, -0.05) is 36.4 Å². The lowest BCUT2D eigenvalue weighted by Crippen LogP contribution is -2.19. The molecule has 0 aliphatic rings. The second-order valence-corrected chi connectivity index (χ2v) is 4.75. The summed E-state index contributed by atoms with van der Waals surface area (Å²) in [7, 11) is 0. The van der Waals surface area contributed by atoms with Gasteiger partial charge in [0.15, 0.2) is 0 Å². The van der Waals surface area contributed by atoms with E-state index in [1.807, 2.05) is 68.4 Å². The number of rotatable bonds is 4. The van der Waals surface area contributed by atoms with E-state index in [0.29, 0.717) is 0 Å². The van der Waals surface area contributed by atoms with Crippen molar-refractivity contribution < 1.29 is 9.53 Å². The van der Waals surface area contributed by atoms with Crippen molar-refractivity contribution in [3.63, 3.8) is 0 Å². The van der Waals surface area contributed by atoms with Crippen LogP contribution in [0.15, 0.2) is 54.6 Å². The maximum Gasteiger partial charge on any atom is 0.131 e. The second kappa shape index (κ2) is 5.05. The van der Waals surface area contributed by atoms with Gasteiger partial charge in [0.25, 0.3) is 0 Å². The zero-order valence-corrected chi connectivity index (χ0v) is 10.6. The first-order chi connectivity index (χ1) is 8.63. The molecule has 18 heavy (non-hydrogen) atoms. The summed E-state index contributed by atoms with van der Waals surface area (Å²) in [5.74, 6) is 1.49. The summed E-state index contributed by atoms with van der Waals surface area (Å²) in [6, 6.07) is 17.2. The maximum absolute atomic E-state index is 11.2. The molecule has 0 N–H and O–H groups in total. The molecule has 0 aromatic heterocycles. The summed E-state index contributed by atoms with van der Waals surface area (Å²) in [6.07, 6.45) is 0.945. The van der Waals surface area contributed by atoms with Crippen LogP contribution >= 0.6 is 0 Å². The number of carbonyl (C=O) groups excluding carboxylic acids is 1. The molecule has 2 aromatic carbocycles. The number of aldehydes is 1. The molecule has 2 rings (SSSR count). The van der Waals surface area contributed by atoms with Gasteiger partial charge in [-0.25, -0.2) is 0 Å². The van der Waals surface area contributed by atoms with Crippen molar-refractivity contribution in [3.05, 3.63) is 60.2 Å². The van der Waals surface area contributed by atoms with Gasteiger partial charge in [-0.15, -0.1) is 0 Å². The second-order valence-electron chi connectivity index (χ2n) is 4.75. The maximum atomic E-state index is 11.2. The minimum atomic E-state index is -0.550. The minimum Gasteiger partial charge on any atom is -0.457 e. The number of benzene rings is 2. The molecule has 0 fully saturated rings. The Kier molecular flexibility index (Phi) is 3.47. The molecule has 2 nitrogen and oxygen atoms in total. The van der Waals surface area contributed by atoms with Crippen molar-refractivity contribution in [1.82, 2.24) is 0 Å². The highest BCUT2D eigenvalue weighted by molar-refractivity contribution is 5.69. The Morgan fingerprint density at radius 2 is 1.56 bits per heavy atom. The van der Waals surface area contributed by atoms with Crippen LogP contribution in [0.25, 0.3) is 0 Å². The zero-order valence-electron chi connectivity index (χ0n) is 10.6. The molecular weight excluding hydrogens is 224 g/mol. The molecule has 0 saturated carbocycles. The first-order valence-corrected chi connectivity index (χ1v) is 5.92. The molecule has 0 saturated heterocycles. The van der Waals surface area contributed by atoms with Gasteiger partial charge >= 0.3 is 0 Å². The molecule has 2 heteroatoms. The van der Waals surface area contributed by atoms with E-state index in [4.69, 9.17) is 4.74 Å². The standard InChI is InChI=1S/C16H16O2/c1-16(2,12-17)14-10-6-7-11-15(14)18-13-8-4-3-5-9-13/h3-12H,1-2H3. The Morgan fingerprint density at radius 1 is 0.944 bits per heavy atom. The van der Waals surface area contributed by atoms with Crippen molar-refractivity contribution >= 4 is 6.29 Å². The van der Waals surface area contributed by atoms with Crippen LogP contribution in [0.2, 0.25) is 0 Å². The van der Waals surface area contributed by atoms with E-state index in [0.717, 1.165) is 23.3 Å². The van der Waals surface area contributed by atoms with E-state index in [1.165, 1.54) is 0 Å². The van der Waals surface area contributed by atoms with E-state index in [-0.39, 0.29) is 0 Å². The molecule has 0 aliphatic carbocycles. The van der Waals surface area contributed by atoms with E-state index in [2.05, 4.69) is 0 Å². The zero-order chi connectivity index (χ0) is 13.0. The van der Waals surface area contributed by atoms with Crippen LogP contribution in [0.5, 0.6) is 11.5 Å². The molecule has 0 aliphatic heterocycles. The van der Waals surface area contributed by atoms with Crippen molar-refractivity contribution in [2.45, 2.75) is 19.3 Å². The third kappa shape index (κ3) is 2.59. The van der Waals surface area contributed by atoms with E-state index in [1.54, 1.807) is 0 Å². The fourth-order valence-corrected chi connectivity index (χ4v) is 1.77. The van der Waals surface area contributed by atoms with Gasteiger partial charge < -0.3 is 9.53 Å². The third-order valence-electron chi connectivity index (χ3n) is 2.85. The summed E-state index contributed by atoms with van der Waals surface area (Å²) >= 11 is 0. The fourth-order valence-electron chi connectivity index (χ4n) is 1.77. The molecule has 0 radical (unpaired) electrons. The Labute approximate surface area is 107 Å². The van der Waals surface area contributed by atoms with Crippen LogP contribution in [0, 0.1) is 0 Å². The van der Waals surface area contributed by atoms with Gasteiger partial charge in [-0.3, -0.25) is 0 Å². The number of hydrogen-bond acceptors (Lipinski definition) is 2. The van der Waals surface area contributed by atoms with E-state index in [9.17, 15) is 4.79 Å². The molecule has 92 valence electrons. The van der Waals surface area contributed by atoms with Crippen LogP contribution in [0.3, 0.4) is 0 Å². The van der Waals surface area contributed by atoms with Gasteiger partial charge in [-0.2, -0.15) is 0 Å². The number of carbonyl (C=O) groups is 1. The van der Waals surface area contributed by atoms with Gasteiger partial charge in [0.2, 0.25) is 0 Å². The normalized spacial score (nSPS) is 11.0. The number of para-hydroxylation sites is 2. The lowest BCUT2D eigenvalue weighted by Gasteiger charge is -2.21. The van der Waals surface area contributed by atoms with Gasteiger partial charge in [0, 0.05) is 11.0 Å². The predicted octanol–water partition coefficient (Wildman–Crippen LogP) is 3.96. The van der Waals surface area contributed by atoms with Crippen LogP contribution in [-0.2, 0) is 10.2 Å². The highest BCUT2D eigenvalue weighted by Crippen LogP contribution is 2.32. The first kappa shape index (κ1) is 12.4. The molecular formula is C16H16O2. The topological polar surface area (TPSA) is 26.3 Å². The first-order valence-electron chi connectivity index (χ1n) is 5.92. The Bertz CT molecular complexity index is 530. The highest BCUT2D eigenvalue weighted by atomic mass is 16.5. The smallest absolute Gasteiger partial charge is 0.131 e. The number of hydrogen-bond donors (Lipinski definition) is 0. The monoisotopic (exact) mass is 240 g/mol. The third-order valence-corrected chi connectivity index (χ3v) is 2.85. The van der Waals surface area contributed by atoms with Crippen LogP contribution < -0.4 is 4.74 Å². The average Bonchev–Trinajstić information content (AvgIpc) is 2.40. The molecule has 0 bridgehead atoms. The van der Waals surface area contributed by atoms with Gasteiger partial charge in [0.1, 0.15) is 17.8 Å². The lowest BCUT2D eigenvalue weighted by atomic mass is 9.86. The molecule has 2 aromatic rings. The minimum absolute atomic E-state index is 0.550. The van der Waals surface area contributed by atoms with Gasteiger partial charge in [0.05, 0.1) is 0 Å². The number of ether oxygens (including phenoxy) is 1. The Balaban J connectivity index is 2.37. The lowest BCUT2D eigenvalue weighted by molar-refractivity contribution is -0.111. The molecule has 0 spiro atoms. The summed E-state index contributed by atoms with van der Waals surface area (Å²) in [5, 5.41) is 0. The summed E-state index contributed by atoms with van der Waals surface area (Å²) in [5.41, 5.74) is 0.342. The largest absolute Gasteiger partial charge is 0.457 e. The summed E-state index contributed by atoms with van der Waals surface area (Å²) in [6.45, 7) is 3.76. The van der Waals surface area contributed by atoms with Crippen molar-refractivity contribution in [3.8, 4) is 11.5 Å². The molecule has 0 unspecified atom stereocenters. The van der Waals surface area contributed by atoms with E-state index >= 15 is 0 Å². The van der Waals surface area contributed by atoms with Crippen LogP contribution in [0.4, 0.5) is 0 Å². The summed E-state index contributed by atoms with van der Waals surface area (Å²) < 4.78 is 5.84. The molecule has 0 heterocycles. The van der Waals surface area contributed by atoms with Crippen molar-refractivity contribution in [1.29, 1.82) is 0 Å². The van der Waals surface area contributed by atoms with Gasteiger partial charge in [-0.05, 0) is 32.0 Å². The highest BCUT2D eigenvalue weighted by Gasteiger charge is 2.23. The average molecular weight is 240 g/mol. The quantitative estimate of drug-likeness (QED) is 0.756. The molecule has 0 amide bonds. The Hall–Kier alpha value is -2.09.